The second-order valence-electron chi connectivity index (χ2n) is 9.11. The van der Waals surface area contributed by atoms with Crippen LogP contribution in [0.2, 0.25) is 0 Å². The van der Waals surface area contributed by atoms with Gasteiger partial charge in [-0.1, -0.05) is 13.8 Å². The number of thiophene rings is 1. The number of aromatic nitrogens is 2. The molecule has 0 aromatic carbocycles. The lowest BCUT2D eigenvalue weighted by Gasteiger charge is -2.29. The quantitative estimate of drug-likeness (QED) is 0.488. The van der Waals surface area contributed by atoms with E-state index in [9.17, 15) is 9.59 Å². The maximum absolute atomic E-state index is 13.3. The molecule has 1 saturated heterocycles. The third kappa shape index (κ3) is 4.19. The van der Waals surface area contributed by atoms with Gasteiger partial charge in [0.1, 0.15) is 9.71 Å². The minimum atomic E-state index is -0.340. The summed E-state index contributed by atoms with van der Waals surface area (Å²) in [7, 11) is 0. The Morgan fingerprint density at radius 1 is 1.35 bits per heavy atom. The molecule has 3 amide bonds. The van der Waals surface area contributed by atoms with Gasteiger partial charge in [-0.15, -0.1) is 11.3 Å². The Hall–Kier alpha value is -3.24. The Labute approximate surface area is 201 Å². The standard InChI is InChI=1S/C24H28N6O3S/c1-13(2)12-33-18-9-14(3)17(11-27-18)30-16-6-8-26-23-19(16)20(29-24(30)32)21(34-23)22(31)28-15-5-4-7-25-10-15/h6,8-9,11,13,15,25H,4-5,7,10,12H2,1-3H3,(H,28,31)(H,29,32)/t15-/m1/s1. The molecule has 0 bridgehead atoms. The van der Waals surface area contributed by atoms with Crippen molar-refractivity contribution in [1.29, 1.82) is 0 Å². The zero-order valence-electron chi connectivity index (χ0n) is 19.5. The molecule has 178 valence electrons. The predicted octanol–water partition coefficient (Wildman–Crippen LogP) is 4.20. The molecule has 0 spiro atoms. The summed E-state index contributed by atoms with van der Waals surface area (Å²) in [6.45, 7) is 8.36. The zero-order chi connectivity index (χ0) is 23.8. The van der Waals surface area contributed by atoms with Crippen molar-refractivity contribution in [3.8, 4) is 5.88 Å². The third-order valence-corrected chi connectivity index (χ3v) is 7.04. The molecule has 5 heterocycles. The van der Waals surface area contributed by atoms with Crippen molar-refractivity contribution in [1.82, 2.24) is 20.6 Å². The number of urea groups is 1. The maximum Gasteiger partial charge on any atom is 0.331 e. The lowest BCUT2D eigenvalue weighted by Crippen LogP contribution is -2.45. The van der Waals surface area contributed by atoms with Crippen molar-refractivity contribution in [2.45, 2.75) is 39.7 Å². The number of carbonyl (C=O) groups is 2. The number of rotatable bonds is 6. The Morgan fingerprint density at radius 3 is 2.94 bits per heavy atom. The molecule has 0 saturated carbocycles. The van der Waals surface area contributed by atoms with Gasteiger partial charge in [0, 0.05) is 24.8 Å². The van der Waals surface area contributed by atoms with Gasteiger partial charge in [0.2, 0.25) is 5.88 Å². The van der Waals surface area contributed by atoms with Crippen molar-refractivity contribution < 1.29 is 14.3 Å². The van der Waals surface area contributed by atoms with Gasteiger partial charge in [0.05, 0.1) is 35.3 Å². The summed E-state index contributed by atoms with van der Waals surface area (Å²) >= 11 is 1.29. The largest absolute Gasteiger partial charge is 0.477 e. The van der Waals surface area contributed by atoms with E-state index in [4.69, 9.17) is 4.74 Å². The first-order valence-corrected chi connectivity index (χ1v) is 12.4. The van der Waals surface area contributed by atoms with E-state index < -0.39 is 0 Å². The van der Waals surface area contributed by atoms with Gasteiger partial charge in [-0.3, -0.25) is 9.69 Å². The predicted molar refractivity (Wildman–Crippen MR) is 133 cm³/mol. The van der Waals surface area contributed by atoms with Gasteiger partial charge >= 0.3 is 6.03 Å². The highest BCUT2D eigenvalue weighted by Gasteiger charge is 2.34. The van der Waals surface area contributed by atoms with E-state index in [2.05, 4.69) is 39.8 Å². The molecule has 0 aliphatic carbocycles. The average Bonchev–Trinajstić information content (AvgIpc) is 3.19. The van der Waals surface area contributed by atoms with Crippen LogP contribution in [0.25, 0.3) is 10.2 Å². The van der Waals surface area contributed by atoms with Crippen molar-refractivity contribution in [3.05, 3.63) is 35.0 Å². The van der Waals surface area contributed by atoms with Gasteiger partial charge in [0.15, 0.2) is 0 Å². The smallest absolute Gasteiger partial charge is 0.331 e. The topological polar surface area (TPSA) is 108 Å². The molecule has 2 aliphatic heterocycles. The maximum atomic E-state index is 13.3. The van der Waals surface area contributed by atoms with Crippen LogP contribution in [0.15, 0.2) is 24.5 Å². The third-order valence-electron chi connectivity index (χ3n) is 5.95. The van der Waals surface area contributed by atoms with Crippen molar-refractivity contribution in [2.24, 2.45) is 5.92 Å². The molecule has 1 fully saturated rings. The molecular weight excluding hydrogens is 452 g/mol. The Kier molecular flexibility index (Phi) is 6.09. The molecule has 1 atom stereocenters. The van der Waals surface area contributed by atoms with Crippen molar-refractivity contribution in [2.75, 3.05) is 29.9 Å². The number of nitrogens with zero attached hydrogens (tertiary/aromatic N) is 3. The SMILES string of the molecule is Cc1cc(OCC(C)C)ncc1N1C(=O)Nc2c(C(=O)N[C@@H]3CCCNC3)sc3nccc1c23. The fourth-order valence-corrected chi connectivity index (χ4v) is 5.32. The van der Waals surface area contributed by atoms with Crippen LogP contribution in [0, 0.1) is 12.8 Å². The number of anilines is 3. The van der Waals surface area contributed by atoms with Gasteiger partial charge in [-0.05, 0) is 43.9 Å². The lowest BCUT2D eigenvalue weighted by atomic mass is 10.1. The first-order valence-electron chi connectivity index (χ1n) is 11.6. The zero-order valence-corrected chi connectivity index (χ0v) is 20.3. The first-order chi connectivity index (χ1) is 16.4. The molecule has 5 rings (SSSR count). The molecule has 0 unspecified atom stereocenters. The number of hydrogen-bond donors (Lipinski definition) is 3. The van der Waals surface area contributed by atoms with Crippen molar-refractivity contribution >= 4 is 50.6 Å². The van der Waals surface area contributed by atoms with E-state index in [1.165, 1.54) is 11.3 Å². The minimum absolute atomic E-state index is 0.0760. The molecule has 3 N–H and O–H groups in total. The number of hydrogen-bond acceptors (Lipinski definition) is 7. The number of pyridine rings is 2. The van der Waals surface area contributed by atoms with Gasteiger partial charge in [0.25, 0.3) is 5.91 Å². The number of ether oxygens (including phenoxy) is 1. The van der Waals surface area contributed by atoms with Crippen LogP contribution in [-0.2, 0) is 0 Å². The van der Waals surface area contributed by atoms with E-state index in [0.29, 0.717) is 45.2 Å². The molecule has 10 heteroatoms. The Balaban J connectivity index is 1.49. The van der Waals surface area contributed by atoms with Crippen LogP contribution < -0.4 is 25.6 Å². The van der Waals surface area contributed by atoms with Crippen LogP contribution in [0.1, 0.15) is 41.9 Å². The highest BCUT2D eigenvalue weighted by atomic mass is 32.1. The van der Waals surface area contributed by atoms with Gasteiger partial charge < -0.3 is 20.7 Å². The fraction of sp³-hybridized carbons (Fsp3) is 0.417. The average molecular weight is 481 g/mol. The molecular formula is C24H28N6O3S. The first kappa shape index (κ1) is 22.5. The summed E-state index contributed by atoms with van der Waals surface area (Å²) in [4.78, 5) is 38.1. The van der Waals surface area contributed by atoms with Gasteiger partial charge in [-0.25, -0.2) is 14.8 Å². The molecule has 3 aromatic rings. The molecule has 3 aromatic heterocycles. The second-order valence-corrected chi connectivity index (χ2v) is 10.1. The van der Waals surface area contributed by atoms with Crippen LogP contribution in [0.4, 0.5) is 21.9 Å². The molecule has 9 nitrogen and oxygen atoms in total. The number of nitrogens with one attached hydrogen (secondary N) is 3. The monoisotopic (exact) mass is 480 g/mol. The molecule has 2 aliphatic rings. The summed E-state index contributed by atoms with van der Waals surface area (Å²) in [6.07, 6.45) is 5.28. The Morgan fingerprint density at radius 2 is 2.21 bits per heavy atom. The van der Waals surface area contributed by atoms with Crippen LogP contribution in [0.3, 0.4) is 0 Å². The number of carbonyl (C=O) groups excluding carboxylic acids is 2. The number of piperidine rings is 1. The summed E-state index contributed by atoms with van der Waals surface area (Å²) in [5.41, 5.74) is 2.71. The van der Waals surface area contributed by atoms with E-state index in [0.717, 1.165) is 36.9 Å². The summed E-state index contributed by atoms with van der Waals surface area (Å²) < 4.78 is 5.74. The highest BCUT2D eigenvalue weighted by molar-refractivity contribution is 7.21. The number of amides is 3. The van der Waals surface area contributed by atoms with Crippen molar-refractivity contribution in [3.63, 3.8) is 0 Å². The van der Waals surface area contributed by atoms with E-state index >= 15 is 0 Å². The summed E-state index contributed by atoms with van der Waals surface area (Å²) in [6, 6.07) is 3.37. The highest BCUT2D eigenvalue weighted by Crippen LogP contribution is 2.46. The lowest BCUT2D eigenvalue weighted by molar-refractivity contribution is 0.0935. The van der Waals surface area contributed by atoms with Gasteiger partial charge in [-0.2, -0.15) is 0 Å². The van der Waals surface area contributed by atoms with E-state index in [1.54, 1.807) is 23.4 Å². The van der Waals surface area contributed by atoms with E-state index in [1.807, 2.05) is 13.0 Å². The van der Waals surface area contributed by atoms with E-state index in [-0.39, 0.29) is 18.0 Å². The fourth-order valence-electron chi connectivity index (χ4n) is 4.30. The second kappa shape index (κ2) is 9.19. The Bertz CT molecular complexity index is 1250. The molecule has 0 radical (unpaired) electrons. The summed E-state index contributed by atoms with van der Waals surface area (Å²) in [5, 5.41) is 10.1. The molecule has 34 heavy (non-hydrogen) atoms. The summed E-state index contributed by atoms with van der Waals surface area (Å²) in [5.74, 6) is 0.730. The van der Waals surface area contributed by atoms with Crippen LogP contribution in [-0.4, -0.2) is 47.6 Å². The normalized spacial score (nSPS) is 17.7. The van der Waals surface area contributed by atoms with Crippen LogP contribution in [0.5, 0.6) is 5.88 Å². The number of aryl methyl sites for hydroxylation is 1. The minimum Gasteiger partial charge on any atom is -0.477 e. The van der Waals surface area contributed by atoms with Crippen LogP contribution >= 0.6 is 11.3 Å².